The first-order valence-corrected chi connectivity index (χ1v) is 6.87. The van der Waals surface area contributed by atoms with E-state index in [-0.39, 0.29) is 0 Å². The van der Waals surface area contributed by atoms with E-state index >= 15 is 0 Å². The van der Waals surface area contributed by atoms with Crippen molar-refractivity contribution in [2.24, 2.45) is 0 Å². The normalized spacial score (nSPS) is 10.7. The van der Waals surface area contributed by atoms with Crippen LogP contribution in [0.1, 0.15) is 23.2 Å². The van der Waals surface area contributed by atoms with Gasteiger partial charge in [-0.05, 0) is 31.0 Å². The number of aromatic nitrogens is 3. The molecule has 1 aromatic heterocycles. The fourth-order valence-corrected chi connectivity index (χ4v) is 1.90. The third-order valence-corrected chi connectivity index (χ3v) is 3.13. The zero-order chi connectivity index (χ0) is 13.7. The van der Waals surface area contributed by atoms with E-state index in [1.807, 2.05) is 6.20 Å². The van der Waals surface area contributed by atoms with E-state index in [0.29, 0.717) is 12.5 Å². The zero-order valence-corrected chi connectivity index (χ0v) is 12.0. The van der Waals surface area contributed by atoms with Gasteiger partial charge in [0.25, 0.3) is 0 Å². The van der Waals surface area contributed by atoms with Gasteiger partial charge in [-0.2, -0.15) is 0 Å². The van der Waals surface area contributed by atoms with E-state index in [9.17, 15) is 0 Å². The highest BCUT2D eigenvalue weighted by atomic mass is 35.5. The molecule has 2 rings (SSSR count). The fraction of sp³-hybridized carbons (Fsp3) is 0.429. The van der Waals surface area contributed by atoms with Gasteiger partial charge in [-0.3, -0.25) is 4.68 Å². The number of hydrogen-bond acceptors (Lipinski definition) is 3. The number of rotatable bonds is 6. The zero-order valence-electron chi connectivity index (χ0n) is 11.3. The molecule has 0 aliphatic carbocycles. The summed E-state index contributed by atoms with van der Waals surface area (Å²) in [5.74, 6) is 1.36. The number of halogens is 1. The van der Waals surface area contributed by atoms with Crippen LogP contribution in [0.5, 0.6) is 5.75 Å². The van der Waals surface area contributed by atoms with E-state index in [2.05, 4.69) is 42.4 Å². The van der Waals surface area contributed by atoms with Crippen LogP contribution in [0.3, 0.4) is 0 Å². The molecule has 1 heterocycles. The lowest BCUT2D eigenvalue weighted by Gasteiger charge is -2.09. The molecule has 1 aromatic carbocycles. The van der Waals surface area contributed by atoms with Crippen LogP contribution in [-0.4, -0.2) is 21.6 Å². The van der Waals surface area contributed by atoms with Gasteiger partial charge in [0.2, 0.25) is 0 Å². The largest absolute Gasteiger partial charge is 0.493 e. The minimum atomic E-state index is 0.402. The molecular weight excluding hydrogens is 262 g/mol. The summed E-state index contributed by atoms with van der Waals surface area (Å²) in [5, 5.41) is 7.93. The molecule has 0 radical (unpaired) electrons. The second kappa shape index (κ2) is 6.57. The summed E-state index contributed by atoms with van der Waals surface area (Å²) in [4.78, 5) is 0. The summed E-state index contributed by atoms with van der Waals surface area (Å²) < 4.78 is 7.58. The molecule has 0 bridgehead atoms. The van der Waals surface area contributed by atoms with Crippen LogP contribution in [0.4, 0.5) is 0 Å². The van der Waals surface area contributed by atoms with Gasteiger partial charge in [0, 0.05) is 19.2 Å². The Morgan fingerprint density at radius 1 is 1.32 bits per heavy atom. The molecule has 0 N–H and O–H groups in total. The van der Waals surface area contributed by atoms with Crippen LogP contribution in [-0.2, 0) is 12.4 Å². The van der Waals surface area contributed by atoms with Crippen molar-refractivity contribution >= 4 is 11.6 Å². The number of nitrogens with zero attached hydrogens (tertiary/aromatic N) is 3. The lowest BCUT2D eigenvalue weighted by molar-refractivity contribution is 0.296. The first-order valence-electron chi connectivity index (χ1n) is 6.34. The summed E-state index contributed by atoms with van der Waals surface area (Å²) in [6, 6.07) is 6.23. The van der Waals surface area contributed by atoms with Gasteiger partial charge in [0.15, 0.2) is 0 Å². The molecule has 0 spiro atoms. The third kappa shape index (κ3) is 3.96. The second-order valence-electron chi connectivity index (χ2n) is 4.58. The van der Waals surface area contributed by atoms with Crippen molar-refractivity contribution in [1.82, 2.24) is 15.0 Å². The van der Waals surface area contributed by atoms with Crippen molar-refractivity contribution in [3.05, 3.63) is 41.2 Å². The first-order chi connectivity index (χ1) is 9.19. The molecule has 102 valence electrons. The highest BCUT2D eigenvalue weighted by Gasteiger charge is 2.01. The fourth-order valence-electron chi connectivity index (χ4n) is 1.78. The van der Waals surface area contributed by atoms with E-state index in [1.165, 1.54) is 5.56 Å². The third-order valence-electron chi connectivity index (χ3n) is 2.86. The van der Waals surface area contributed by atoms with Gasteiger partial charge >= 0.3 is 0 Å². The SMILES string of the molecule is Cc1ccc(C)c(OCCCn2cc(CCl)nn2)c1. The van der Waals surface area contributed by atoms with E-state index < -0.39 is 0 Å². The molecule has 2 aromatic rings. The van der Waals surface area contributed by atoms with Gasteiger partial charge in [-0.25, -0.2) is 0 Å². The van der Waals surface area contributed by atoms with E-state index in [1.54, 1.807) is 4.68 Å². The van der Waals surface area contributed by atoms with Crippen LogP contribution in [0.2, 0.25) is 0 Å². The Balaban J connectivity index is 1.79. The molecule has 0 fully saturated rings. The van der Waals surface area contributed by atoms with Crippen LogP contribution in [0, 0.1) is 13.8 Å². The minimum absolute atomic E-state index is 0.402. The second-order valence-corrected chi connectivity index (χ2v) is 4.84. The molecular formula is C14H18ClN3O. The number of aryl methyl sites for hydroxylation is 3. The van der Waals surface area contributed by atoms with Crippen molar-refractivity contribution < 1.29 is 4.74 Å². The first kappa shape index (κ1) is 13.9. The Morgan fingerprint density at radius 2 is 2.16 bits per heavy atom. The van der Waals surface area contributed by atoms with Crippen molar-refractivity contribution in [3.8, 4) is 5.75 Å². The Morgan fingerprint density at radius 3 is 2.89 bits per heavy atom. The molecule has 0 aliphatic rings. The Hall–Kier alpha value is -1.55. The van der Waals surface area contributed by atoms with Crippen molar-refractivity contribution in [2.45, 2.75) is 32.7 Å². The number of hydrogen-bond donors (Lipinski definition) is 0. The maximum absolute atomic E-state index is 5.78. The van der Waals surface area contributed by atoms with E-state index in [4.69, 9.17) is 16.3 Å². The lowest BCUT2D eigenvalue weighted by Crippen LogP contribution is -2.05. The average molecular weight is 280 g/mol. The van der Waals surface area contributed by atoms with Crippen molar-refractivity contribution in [1.29, 1.82) is 0 Å². The molecule has 0 saturated carbocycles. The maximum atomic E-state index is 5.78. The minimum Gasteiger partial charge on any atom is -0.493 e. The molecule has 0 unspecified atom stereocenters. The van der Waals surface area contributed by atoms with Crippen LogP contribution in [0.25, 0.3) is 0 Å². The van der Waals surface area contributed by atoms with Crippen molar-refractivity contribution in [2.75, 3.05) is 6.61 Å². The Labute approximate surface area is 118 Å². The summed E-state index contributed by atoms with van der Waals surface area (Å²) in [7, 11) is 0. The monoisotopic (exact) mass is 279 g/mol. The standard InChI is InChI=1S/C14H18ClN3O/c1-11-4-5-12(2)14(8-11)19-7-3-6-18-10-13(9-15)16-17-18/h4-5,8,10H,3,6-7,9H2,1-2H3. The van der Waals surface area contributed by atoms with Gasteiger partial charge in [0.1, 0.15) is 5.75 Å². The molecule has 4 nitrogen and oxygen atoms in total. The maximum Gasteiger partial charge on any atom is 0.122 e. The summed E-state index contributed by atoms with van der Waals surface area (Å²) in [6.07, 6.45) is 2.75. The Bertz CT molecular complexity index is 539. The van der Waals surface area contributed by atoms with Crippen LogP contribution >= 0.6 is 11.6 Å². The molecule has 0 amide bonds. The lowest BCUT2D eigenvalue weighted by atomic mass is 10.1. The highest BCUT2D eigenvalue weighted by Crippen LogP contribution is 2.19. The molecule has 19 heavy (non-hydrogen) atoms. The highest BCUT2D eigenvalue weighted by molar-refractivity contribution is 6.16. The summed E-state index contributed by atoms with van der Waals surface area (Å²) in [6.45, 7) is 5.57. The molecule has 5 heteroatoms. The molecule has 0 saturated heterocycles. The van der Waals surface area contributed by atoms with Crippen LogP contribution in [0.15, 0.2) is 24.4 Å². The number of alkyl halides is 1. The predicted molar refractivity (Wildman–Crippen MR) is 75.6 cm³/mol. The van der Waals surface area contributed by atoms with Crippen LogP contribution < -0.4 is 4.74 Å². The quantitative estimate of drug-likeness (QED) is 0.602. The van der Waals surface area contributed by atoms with Gasteiger partial charge < -0.3 is 4.74 Å². The van der Waals surface area contributed by atoms with E-state index in [0.717, 1.165) is 30.0 Å². The molecule has 0 atom stereocenters. The van der Waals surface area contributed by atoms with Gasteiger partial charge in [-0.1, -0.05) is 17.3 Å². The molecule has 0 aliphatic heterocycles. The van der Waals surface area contributed by atoms with Gasteiger partial charge in [0.05, 0.1) is 18.2 Å². The summed E-state index contributed by atoms with van der Waals surface area (Å²) in [5.41, 5.74) is 3.18. The van der Waals surface area contributed by atoms with Crippen molar-refractivity contribution in [3.63, 3.8) is 0 Å². The topological polar surface area (TPSA) is 39.9 Å². The predicted octanol–water partition coefficient (Wildman–Crippen LogP) is 3.10. The Kier molecular flexibility index (Phi) is 4.80. The van der Waals surface area contributed by atoms with Gasteiger partial charge in [-0.15, -0.1) is 16.7 Å². The number of ether oxygens (including phenoxy) is 1. The smallest absolute Gasteiger partial charge is 0.122 e. The summed E-state index contributed by atoms with van der Waals surface area (Å²) >= 11 is 5.67. The average Bonchev–Trinajstić information content (AvgIpc) is 2.86. The number of benzene rings is 1.